The van der Waals surface area contributed by atoms with Gasteiger partial charge in [0, 0.05) is 18.8 Å². The van der Waals surface area contributed by atoms with Gasteiger partial charge in [0.2, 0.25) is 11.8 Å². The van der Waals surface area contributed by atoms with Gasteiger partial charge in [0.15, 0.2) is 5.82 Å². The van der Waals surface area contributed by atoms with Crippen LogP contribution in [0, 0.1) is 6.92 Å². The predicted octanol–water partition coefficient (Wildman–Crippen LogP) is 2.91. The summed E-state index contributed by atoms with van der Waals surface area (Å²) in [5.74, 6) is 0.645. The first-order chi connectivity index (χ1) is 12.5. The lowest BCUT2D eigenvalue weighted by atomic mass is 9.98. The number of carbonyl (C=O) groups is 2. The van der Waals surface area contributed by atoms with Gasteiger partial charge < -0.3 is 14.9 Å². The second-order valence-electron chi connectivity index (χ2n) is 6.75. The molecule has 1 atom stereocenters. The number of amides is 1. The molecule has 7 nitrogen and oxygen atoms in total. The summed E-state index contributed by atoms with van der Waals surface area (Å²) < 4.78 is 5.20. The van der Waals surface area contributed by atoms with Crippen molar-refractivity contribution in [2.24, 2.45) is 0 Å². The smallest absolute Gasteiger partial charge is 0.305 e. The van der Waals surface area contributed by atoms with Gasteiger partial charge in [-0.25, -0.2) is 0 Å². The summed E-state index contributed by atoms with van der Waals surface area (Å²) in [6, 6.07) is 6.95. The number of hydrogen-bond acceptors (Lipinski definition) is 5. The molecule has 0 spiro atoms. The highest BCUT2D eigenvalue weighted by Crippen LogP contribution is 2.38. The fourth-order valence-electron chi connectivity index (χ4n) is 2.93. The maximum atomic E-state index is 12.3. The molecule has 3 rings (SSSR count). The zero-order valence-electron chi connectivity index (χ0n) is 14.8. The molecule has 1 aromatic heterocycles. The summed E-state index contributed by atoms with van der Waals surface area (Å²) in [7, 11) is 0. The molecule has 0 radical (unpaired) electrons. The van der Waals surface area contributed by atoms with Crippen molar-refractivity contribution < 1.29 is 19.2 Å². The van der Waals surface area contributed by atoms with Crippen molar-refractivity contribution in [3.05, 3.63) is 47.1 Å². The van der Waals surface area contributed by atoms with Gasteiger partial charge in [-0.1, -0.05) is 29.4 Å². The van der Waals surface area contributed by atoms with Crippen LogP contribution in [0.1, 0.15) is 66.9 Å². The highest BCUT2D eigenvalue weighted by molar-refractivity contribution is 5.77. The van der Waals surface area contributed by atoms with Crippen molar-refractivity contribution in [1.82, 2.24) is 15.5 Å². The second kappa shape index (κ2) is 8.12. The van der Waals surface area contributed by atoms with E-state index in [0.29, 0.717) is 24.7 Å². The van der Waals surface area contributed by atoms with Gasteiger partial charge in [0.25, 0.3) is 0 Å². The molecule has 138 valence electrons. The van der Waals surface area contributed by atoms with Crippen molar-refractivity contribution >= 4 is 11.9 Å². The molecule has 2 N–H and O–H groups in total. The van der Waals surface area contributed by atoms with Gasteiger partial charge in [0.1, 0.15) is 0 Å². The van der Waals surface area contributed by atoms with Gasteiger partial charge in [-0.05, 0) is 37.3 Å². The van der Waals surface area contributed by atoms with E-state index in [9.17, 15) is 9.59 Å². The van der Waals surface area contributed by atoms with Gasteiger partial charge >= 0.3 is 5.97 Å². The minimum absolute atomic E-state index is 0.148. The Morgan fingerprint density at radius 1 is 1.35 bits per heavy atom. The van der Waals surface area contributed by atoms with E-state index in [2.05, 4.69) is 15.5 Å². The first-order valence-electron chi connectivity index (χ1n) is 8.92. The Balaban J connectivity index is 1.52. The minimum Gasteiger partial charge on any atom is -0.481 e. The number of aliphatic carboxylic acids is 1. The number of hydrogen-bond donors (Lipinski definition) is 2. The first-order valence-corrected chi connectivity index (χ1v) is 8.92. The summed E-state index contributed by atoms with van der Waals surface area (Å²) in [5, 5.41) is 15.9. The number of benzene rings is 1. The Bertz CT molecular complexity index is 783. The predicted molar refractivity (Wildman–Crippen MR) is 93.5 cm³/mol. The molecular formula is C19H23N3O4. The van der Waals surface area contributed by atoms with Crippen molar-refractivity contribution in [2.45, 2.75) is 57.4 Å². The van der Waals surface area contributed by atoms with E-state index in [-0.39, 0.29) is 18.7 Å². The number of aryl methyl sites for hydroxylation is 2. The molecule has 1 saturated carbocycles. The molecular weight excluding hydrogens is 334 g/mol. The Kier molecular flexibility index (Phi) is 5.65. The molecule has 1 heterocycles. The average molecular weight is 357 g/mol. The number of carboxylic acids is 1. The number of rotatable bonds is 9. The van der Waals surface area contributed by atoms with E-state index in [0.717, 1.165) is 29.8 Å². The van der Waals surface area contributed by atoms with Gasteiger partial charge in [-0.2, -0.15) is 4.98 Å². The lowest BCUT2D eigenvalue weighted by Crippen LogP contribution is -2.30. The molecule has 2 aromatic rings. The fourth-order valence-corrected chi connectivity index (χ4v) is 2.93. The van der Waals surface area contributed by atoms with Crippen molar-refractivity contribution in [3.8, 4) is 0 Å². The van der Waals surface area contributed by atoms with Crippen LogP contribution in [0.2, 0.25) is 0 Å². The third-order valence-corrected chi connectivity index (χ3v) is 4.50. The Morgan fingerprint density at radius 2 is 2.12 bits per heavy atom. The molecule has 0 saturated heterocycles. The molecule has 1 aliphatic carbocycles. The molecule has 26 heavy (non-hydrogen) atoms. The first kappa shape index (κ1) is 18.1. The van der Waals surface area contributed by atoms with Crippen LogP contribution in [-0.2, 0) is 16.0 Å². The van der Waals surface area contributed by atoms with Crippen LogP contribution >= 0.6 is 0 Å². The van der Waals surface area contributed by atoms with Gasteiger partial charge in [-0.3, -0.25) is 9.59 Å². The maximum absolute atomic E-state index is 12.3. The van der Waals surface area contributed by atoms with Crippen molar-refractivity contribution in [3.63, 3.8) is 0 Å². The van der Waals surface area contributed by atoms with Gasteiger partial charge in [0.05, 0.1) is 12.5 Å². The molecule has 1 aromatic carbocycles. The van der Waals surface area contributed by atoms with Crippen LogP contribution in [0.25, 0.3) is 0 Å². The zero-order chi connectivity index (χ0) is 18.5. The summed E-state index contributed by atoms with van der Waals surface area (Å²) in [4.78, 5) is 27.8. The topological polar surface area (TPSA) is 105 Å². The molecule has 1 fully saturated rings. The van der Waals surface area contributed by atoms with Crippen LogP contribution in [0.15, 0.2) is 28.8 Å². The van der Waals surface area contributed by atoms with Crippen molar-refractivity contribution in [1.29, 1.82) is 0 Å². The Labute approximate surface area is 151 Å². The van der Waals surface area contributed by atoms with E-state index < -0.39 is 12.0 Å². The number of nitrogens with zero attached hydrogens (tertiary/aromatic N) is 2. The van der Waals surface area contributed by atoms with E-state index in [1.807, 2.05) is 31.2 Å². The third-order valence-electron chi connectivity index (χ3n) is 4.50. The average Bonchev–Trinajstić information content (AvgIpc) is 3.34. The van der Waals surface area contributed by atoms with E-state index in [1.165, 1.54) is 0 Å². The third kappa shape index (κ3) is 4.91. The monoisotopic (exact) mass is 357 g/mol. The number of nitrogens with one attached hydrogen (secondary N) is 1. The zero-order valence-corrected chi connectivity index (χ0v) is 14.8. The maximum Gasteiger partial charge on any atom is 0.305 e. The minimum atomic E-state index is -0.947. The van der Waals surface area contributed by atoms with Crippen LogP contribution in [0.3, 0.4) is 0 Å². The lowest BCUT2D eigenvalue weighted by molar-refractivity contribution is -0.137. The largest absolute Gasteiger partial charge is 0.481 e. The molecule has 1 aliphatic rings. The molecule has 7 heteroatoms. The van der Waals surface area contributed by atoms with Crippen LogP contribution in [0.4, 0.5) is 0 Å². The van der Waals surface area contributed by atoms with Crippen LogP contribution in [0.5, 0.6) is 0 Å². The molecule has 1 amide bonds. The Hall–Kier alpha value is -2.70. The van der Waals surface area contributed by atoms with E-state index >= 15 is 0 Å². The Morgan fingerprint density at radius 3 is 2.81 bits per heavy atom. The quantitative estimate of drug-likeness (QED) is 0.715. The molecule has 0 aliphatic heterocycles. The van der Waals surface area contributed by atoms with Crippen LogP contribution in [-0.4, -0.2) is 27.1 Å². The summed E-state index contributed by atoms with van der Waals surface area (Å²) in [6.07, 6.45) is 3.48. The lowest BCUT2D eigenvalue weighted by Gasteiger charge is -2.19. The number of carboxylic acid groups (broad SMARTS) is 1. The standard InChI is InChI=1S/C19H23N3O4/c1-12-5-2-3-6-14(12)15(11-18(24)25)20-16(23)7-4-8-17-21-19(22-26-17)13-9-10-13/h2-3,5-6,13,15H,4,7-11H2,1H3,(H,20,23)(H,24,25). The number of aromatic nitrogens is 2. The SMILES string of the molecule is Cc1ccccc1C(CC(=O)O)NC(=O)CCCc1nc(C2CC2)no1. The number of carbonyl (C=O) groups excluding carboxylic acids is 1. The fraction of sp³-hybridized carbons (Fsp3) is 0.474. The van der Waals surface area contributed by atoms with E-state index in [4.69, 9.17) is 9.63 Å². The summed E-state index contributed by atoms with van der Waals surface area (Å²) in [5.41, 5.74) is 1.78. The molecule has 1 unspecified atom stereocenters. The van der Waals surface area contributed by atoms with Crippen LogP contribution < -0.4 is 5.32 Å². The summed E-state index contributed by atoms with van der Waals surface area (Å²) >= 11 is 0. The second-order valence-corrected chi connectivity index (χ2v) is 6.75. The van der Waals surface area contributed by atoms with E-state index in [1.54, 1.807) is 0 Å². The molecule has 0 bridgehead atoms. The normalized spacial score (nSPS) is 14.8. The highest BCUT2D eigenvalue weighted by Gasteiger charge is 2.28. The van der Waals surface area contributed by atoms with Crippen molar-refractivity contribution in [2.75, 3.05) is 0 Å². The summed E-state index contributed by atoms with van der Waals surface area (Å²) in [6.45, 7) is 1.91. The highest BCUT2D eigenvalue weighted by atomic mass is 16.5. The van der Waals surface area contributed by atoms with Gasteiger partial charge in [-0.15, -0.1) is 0 Å².